The van der Waals surface area contributed by atoms with Crippen molar-refractivity contribution in [3.63, 3.8) is 0 Å². The van der Waals surface area contributed by atoms with Crippen molar-refractivity contribution < 1.29 is 9.53 Å². The Morgan fingerprint density at radius 3 is 2.48 bits per heavy atom. The molecular formula is C26H35IN4O2. The van der Waals surface area contributed by atoms with E-state index in [0.717, 1.165) is 49.3 Å². The number of halogens is 1. The quantitative estimate of drug-likeness (QED) is 0.255. The fourth-order valence-corrected chi connectivity index (χ4v) is 3.91. The lowest BCUT2D eigenvalue weighted by Gasteiger charge is -2.19. The van der Waals surface area contributed by atoms with Crippen LogP contribution in [0, 0.1) is 5.92 Å². The average molecular weight is 562 g/mol. The molecule has 2 aromatic carbocycles. The minimum absolute atomic E-state index is 0. The second-order valence-corrected chi connectivity index (χ2v) is 8.60. The molecule has 0 bridgehead atoms. The van der Waals surface area contributed by atoms with Crippen LogP contribution in [-0.4, -0.2) is 36.5 Å². The summed E-state index contributed by atoms with van der Waals surface area (Å²) < 4.78 is 6.03. The molecule has 4 rings (SSSR count). The van der Waals surface area contributed by atoms with Crippen molar-refractivity contribution in [3.05, 3.63) is 65.2 Å². The van der Waals surface area contributed by atoms with Gasteiger partial charge >= 0.3 is 0 Å². The molecule has 2 aromatic rings. The second kappa shape index (κ2) is 12.8. The number of rotatable bonds is 10. The van der Waals surface area contributed by atoms with Crippen LogP contribution in [0.5, 0.6) is 5.75 Å². The standard InChI is InChI=1S/C26H34N4O2.HI/c1-2-27-26(29-17-22-9-5-6-11-24(22)32-19-20-13-14-20)28-16-21-8-3-4-10-23(21)18-30-15-7-12-25(30)31;/h3-6,8-11,20H,2,7,12-19H2,1H3,(H2,27,28,29);1H. The highest BCUT2D eigenvalue weighted by molar-refractivity contribution is 14.0. The third-order valence-corrected chi connectivity index (χ3v) is 5.99. The van der Waals surface area contributed by atoms with E-state index in [1.165, 1.54) is 24.0 Å². The van der Waals surface area contributed by atoms with Crippen LogP contribution >= 0.6 is 24.0 Å². The predicted octanol–water partition coefficient (Wildman–Crippen LogP) is 4.47. The van der Waals surface area contributed by atoms with Crippen molar-refractivity contribution in [3.8, 4) is 5.75 Å². The first kappa shape index (κ1) is 25.3. The molecule has 1 amide bonds. The van der Waals surface area contributed by atoms with Crippen molar-refractivity contribution in [1.29, 1.82) is 0 Å². The number of nitrogens with one attached hydrogen (secondary N) is 2. The number of aliphatic imine (C=N–C) groups is 1. The number of ether oxygens (including phenoxy) is 1. The topological polar surface area (TPSA) is 66.0 Å². The lowest BCUT2D eigenvalue weighted by atomic mass is 10.1. The van der Waals surface area contributed by atoms with E-state index >= 15 is 0 Å². The van der Waals surface area contributed by atoms with Gasteiger partial charge in [-0.1, -0.05) is 42.5 Å². The first-order valence-corrected chi connectivity index (χ1v) is 11.8. The molecule has 33 heavy (non-hydrogen) atoms. The van der Waals surface area contributed by atoms with Gasteiger partial charge in [0.2, 0.25) is 5.91 Å². The Morgan fingerprint density at radius 2 is 1.79 bits per heavy atom. The maximum atomic E-state index is 12.0. The van der Waals surface area contributed by atoms with E-state index in [1.54, 1.807) is 0 Å². The maximum absolute atomic E-state index is 12.0. The summed E-state index contributed by atoms with van der Waals surface area (Å²) in [5, 5.41) is 6.79. The molecule has 0 radical (unpaired) electrons. The number of benzene rings is 2. The van der Waals surface area contributed by atoms with Crippen LogP contribution in [0.2, 0.25) is 0 Å². The number of carbonyl (C=O) groups is 1. The molecule has 1 saturated heterocycles. The molecule has 0 aromatic heterocycles. The van der Waals surface area contributed by atoms with Gasteiger partial charge in [0.05, 0.1) is 13.2 Å². The first-order chi connectivity index (χ1) is 15.7. The van der Waals surface area contributed by atoms with Crippen LogP contribution in [0.1, 0.15) is 49.3 Å². The maximum Gasteiger partial charge on any atom is 0.222 e. The number of carbonyl (C=O) groups excluding carboxylic acids is 1. The van der Waals surface area contributed by atoms with Crippen LogP contribution in [0.3, 0.4) is 0 Å². The monoisotopic (exact) mass is 562 g/mol. The number of likely N-dealkylation sites (tertiary alicyclic amines) is 1. The van der Waals surface area contributed by atoms with Gasteiger partial charge in [-0.25, -0.2) is 4.99 Å². The highest BCUT2D eigenvalue weighted by Crippen LogP contribution is 2.30. The normalized spacial score (nSPS) is 15.8. The Bertz CT molecular complexity index is 945. The molecule has 6 nitrogen and oxygen atoms in total. The van der Waals surface area contributed by atoms with Crippen LogP contribution < -0.4 is 15.4 Å². The average Bonchev–Trinajstić information content (AvgIpc) is 3.56. The molecule has 0 spiro atoms. The lowest BCUT2D eigenvalue weighted by molar-refractivity contribution is -0.128. The van der Waals surface area contributed by atoms with Gasteiger partial charge in [0, 0.05) is 38.2 Å². The molecule has 0 unspecified atom stereocenters. The number of hydrogen-bond donors (Lipinski definition) is 2. The second-order valence-electron chi connectivity index (χ2n) is 8.60. The third-order valence-electron chi connectivity index (χ3n) is 5.99. The predicted molar refractivity (Wildman–Crippen MR) is 143 cm³/mol. The van der Waals surface area contributed by atoms with Crippen LogP contribution in [0.15, 0.2) is 53.5 Å². The van der Waals surface area contributed by atoms with E-state index in [-0.39, 0.29) is 29.9 Å². The van der Waals surface area contributed by atoms with Gasteiger partial charge in [-0.2, -0.15) is 0 Å². The zero-order valence-electron chi connectivity index (χ0n) is 19.4. The van der Waals surface area contributed by atoms with E-state index < -0.39 is 0 Å². The van der Waals surface area contributed by atoms with Crippen molar-refractivity contribution in [1.82, 2.24) is 15.5 Å². The van der Waals surface area contributed by atoms with E-state index in [0.29, 0.717) is 26.1 Å². The molecule has 2 N–H and O–H groups in total. The van der Waals surface area contributed by atoms with Gasteiger partial charge < -0.3 is 20.3 Å². The van der Waals surface area contributed by atoms with Crippen molar-refractivity contribution in [2.75, 3.05) is 19.7 Å². The Morgan fingerprint density at radius 1 is 1.06 bits per heavy atom. The van der Waals surface area contributed by atoms with Crippen molar-refractivity contribution >= 4 is 35.8 Å². The minimum Gasteiger partial charge on any atom is -0.493 e. The summed E-state index contributed by atoms with van der Waals surface area (Å²) in [7, 11) is 0. The van der Waals surface area contributed by atoms with Crippen molar-refractivity contribution in [2.24, 2.45) is 10.9 Å². The lowest BCUT2D eigenvalue weighted by Crippen LogP contribution is -2.37. The number of amides is 1. The number of nitrogens with zero attached hydrogens (tertiary/aromatic N) is 2. The number of guanidine groups is 1. The van der Waals surface area contributed by atoms with Gasteiger partial charge in [0.25, 0.3) is 0 Å². The summed E-state index contributed by atoms with van der Waals surface area (Å²) in [4.78, 5) is 18.8. The number of hydrogen-bond acceptors (Lipinski definition) is 3. The molecule has 1 saturated carbocycles. The molecule has 0 atom stereocenters. The molecule has 2 aliphatic rings. The smallest absolute Gasteiger partial charge is 0.222 e. The summed E-state index contributed by atoms with van der Waals surface area (Å²) in [6.07, 6.45) is 4.19. The van der Waals surface area contributed by atoms with Crippen LogP contribution in [0.4, 0.5) is 0 Å². The van der Waals surface area contributed by atoms with Gasteiger partial charge in [0.1, 0.15) is 5.75 Å². The highest BCUT2D eigenvalue weighted by atomic mass is 127. The summed E-state index contributed by atoms with van der Waals surface area (Å²) in [5.74, 6) is 2.68. The molecule has 1 aliphatic carbocycles. The van der Waals surface area contributed by atoms with Gasteiger partial charge in [-0.3, -0.25) is 4.79 Å². The van der Waals surface area contributed by atoms with Crippen molar-refractivity contribution in [2.45, 2.75) is 52.2 Å². The van der Waals surface area contributed by atoms with Gasteiger partial charge in [-0.05, 0) is 49.3 Å². The molecule has 178 valence electrons. The van der Waals surface area contributed by atoms with Gasteiger partial charge in [0.15, 0.2) is 5.96 Å². The van der Waals surface area contributed by atoms with E-state index in [2.05, 4.69) is 35.8 Å². The fourth-order valence-electron chi connectivity index (χ4n) is 3.91. The van der Waals surface area contributed by atoms with Gasteiger partial charge in [-0.15, -0.1) is 24.0 Å². The Labute approximate surface area is 214 Å². The molecular weight excluding hydrogens is 527 g/mol. The third kappa shape index (κ3) is 7.62. The molecule has 1 heterocycles. The Balaban J connectivity index is 0.00000306. The highest BCUT2D eigenvalue weighted by Gasteiger charge is 2.22. The summed E-state index contributed by atoms with van der Waals surface area (Å²) in [6.45, 7) is 6.40. The fraction of sp³-hybridized carbons (Fsp3) is 0.462. The Kier molecular flexibility index (Phi) is 9.84. The minimum atomic E-state index is 0. The summed E-state index contributed by atoms with van der Waals surface area (Å²) in [6, 6.07) is 16.5. The Hall–Kier alpha value is -2.29. The zero-order valence-corrected chi connectivity index (χ0v) is 21.7. The summed E-state index contributed by atoms with van der Waals surface area (Å²) >= 11 is 0. The molecule has 1 aliphatic heterocycles. The molecule has 7 heteroatoms. The number of para-hydroxylation sites is 1. The SMILES string of the molecule is CCNC(=NCc1ccccc1OCC1CC1)NCc1ccccc1CN1CCCC1=O.I. The largest absolute Gasteiger partial charge is 0.493 e. The van der Waals surface area contributed by atoms with E-state index in [4.69, 9.17) is 9.73 Å². The van der Waals surface area contributed by atoms with E-state index in [9.17, 15) is 4.79 Å². The van der Waals surface area contributed by atoms with E-state index in [1.807, 2.05) is 35.2 Å². The molecule has 2 fully saturated rings. The van der Waals surface area contributed by atoms with Crippen LogP contribution in [0.25, 0.3) is 0 Å². The summed E-state index contributed by atoms with van der Waals surface area (Å²) in [5.41, 5.74) is 3.47. The first-order valence-electron chi connectivity index (χ1n) is 11.8. The zero-order chi connectivity index (χ0) is 22.2. The van der Waals surface area contributed by atoms with Crippen LogP contribution in [-0.2, 0) is 24.4 Å².